The molecule has 0 aromatic heterocycles. The zero-order valence-corrected chi connectivity index (χ0v) is 19.4. The molecule has 174 valence electrons. The lowest BCUT2D eigenvalue weighted by Gasteiger charge is -2.31. The van der Waals surface area contributed by atoms with E-state index in [1.165, 1.54) is 18.2 Å². The van der Waals surface area contributed by atoms with Gasteiger partial charge in [-0.2, -0.15) is 0 Å². The summed E-state index contributed by atoms with van der Waals surface area (Å²) in [5, 5.41) is 13.6. The number of carbonyl (C=O) groups is 2. The second-order valence-electron chi connectivity index (χ2n) is 7.85. The zero-order chi connectivity index (χ0) is 24.3. The van der Waals surface area contributed by atoms with E-state index >= 15 is 0 Å². The molecule has 0 saturated carbocycles. The third-order valence-electron chi connectivity index (χ3n) is 5.64. The molecule has 0 radical (unpaired) electrons. The third-order valence-corrected chi connectivity index (χ3v) is 7.45. The van der Waals surface area contributed by atoms with Crippen molar-refractivity contribution in [3.63, 3.8) is 0 Å². The Hall–Kier alpha value is -3.91. The highest BCUT2D eigenvalue weighted by molar-refractivity contribution is 7.89. The highest BCUT2D eigenvalue weighted by Gasteiger charge is 2.42. The van der Waals surface area contributed by atoms with Crippen molar-refractivity contribution in [2.75, 3.05) is 6.54 Å². The molecule has 0 aliphatic carbocycles. The predicted octanol–water partition coefficient (Wildman–Crippen LogP) is 3.68. The number of aryl methyl sites for hydroxylation is 1. The van der Waals surface area contributed by atoms with Gasteiger partial charge in [-0.3, -0.25) is 9.59 Å². The van der Waals surface area contributed by atoms with Crippen molar-refractivity contribution >= 4 is 27.5 Å². The van der Waals surface area contributed by atoms with Crippen LogP contribution in [0, 0.1) is 0 Å². The second kappa shape index (κ2) is 9.52. The van der Waals surface area contributed by atoms with Gasteiger partial charge in [0.05, 0.1) is 4.90 Å². The first-order chi connectivity index (χ1) is 16.3. The molecule has 8 heteroatoms. The summed E-state index contributed by atoms with van der Waals surface area (Å²) in [6, 6.07) is 21.6. The van der Waals surface area contributed by atoms with Crippen LogP contribution in [0.1, 0.15) is 34.0 Å². The maximum Gasteiger partial charge on any atom is 0.265 e. The SMILES string of the molecule is CCc1ccc(CNC(=O)CN2/C(=C(/O)c3ccccc3)C(=O)c3ccccc3S2(=O)=O)cc1. The van der Waals surface area contributed by atoms with Crippen LogP contribution in [0.2, 0.25) is 0 Å². The van der Waals surface area contributed by atoms with E-state index in [-0.39, 0.29) is 22.6 Å². The minimum Gasteiger partial charge on any atom is -0.505 e. The minimum atomic E-state index is -4.27. The van der Waals surface area contributed by atoms with Crippen molar-refractivity contribution in [1.82, 2.24) is 9.62 Å². The number of fused-ring (bicyclic) bond motifs is 1. The molecule has 0 atom stereocenters. The Morgan fingerprint density at radius 3 is 2.21 bits per heavy atom. The van der Waals surface area contributed by atoms with Crippen molar-refractivity contribution in [2.45, 2.75) is 24.8 Å². The average molecular weight is 477 g/mol. The van der Waals surface area contributed by atoms with Crippen LogP contribution in [0.25, 0.3) is 5.76 Å². The molecule has 0 bridgehead atoms. The molecule has 0 unspecified atom stereocenters. The number of allylic oxidation sites excluding steroid dienone is 1. The molecule has 1 aliphatic rings. The van der Waals surface area contributed by atoms with Crippen LogP contribution < -0.4 is 5.32 Å². The molecule has 1 heterocycles. The average Bonchev–Trinajstić information content (AvgIpc) is 2.87. The van der Waals surface area contributed by atoms with E-state index in [9.17, 15) is 23.1 Å². The lowest BCUT2D eigenvalue weighted by atomic mass is 10.0. The van der Waals surface area contributed by atoms with Crippen molar-refractivity contribution in [3.8, 4) is 0 Å². The molecule has 0 fully saturated rings. The molecule has 0 saturated heterocycles. The number of nitrogens with zero attached hydrogens (tertiary/aromatic N) is 1. The van der Waals surface area contributed by atoms with E-state index in [1.807, 2.05) is 31.2 Å². The van der Waals surface area contributed by atoms with Gasteiger partial charge in [0.15, 0.2) is 5.76 Å². The molecule has 7 nitrogen and oxygen atoms in total. The highest BCUT2D eigenvalue weighted by atomic mass is 32.2. The van der Waals surface area contributed by atoms with Gasteiger partial charge in [-0.05, 0) is 29.7 Å². The molecule has 3 aromatic carbocycles. The highest BCUT2D eigenvalue weighted by Crippen LogP contribution is 2.35. The monoisotopic (exact) mass is 476 g/mol. The van der Waals surface area contributed by atoms with Crippen LogP contribution in [0.3, 0.4) is 0 Å². The maximum absolute atomic E-state index is 13.4. The molecule has 3 aromatic rings. The quantitative estimate of drug-likeness (QED) is 0.417. The summed E-state index contributed by atoms with van der Waals surface area (Å²) in [6.07, 6.45) is 0.898. The Labute approximate surface area is 198 Å². The van der Waals surface area contributed by atoms with Gasteiger partial charge in [-0.15, -0.1) is 0 Å². The smallest absolute Gasteiger partial charge is 0.265 e. The topological polar surface area (TPSA) is 104 Å². The molecular formula is C26H24N2O5S. The number of rotatable bonds is 6. The Bertz CT molecular complexity index is 1360. The number of benzene rings is 3. The number of amides is 1. The summed E-state index contributed by atoms with van der Waals surface area (Å²) in [4.78, 5) is 25.9. The predicted molar refractivity (Wildman–Crippen MR) is 128 cm³/mol. The van der Waals surface area contributed by atoms with Crippen LogP contribution in [0.5, 0.6) is 0 Å². The fraction of sp³-hybridized carbons (Fsp3) is 0.154. The first kappa shape index (κ1) is 23.3. The van der Waals surface area contributed by atoms with Gasteiger partial charge in [0.2, 0.25) is 11.7 Å². The van der Waals surface area contributed by atoms with E-state index in [0.29, 0.717) is 4.31 Å². The number of carbonyl (C=O) groups excluding carboxylic acids is 2. The summed E-state index contributed by atoms with van der Waals surface area (Å²) in [5.74, 6) is -1.78. The van der Waals surface area contributed by atoms with Crippen molar-refractivity contribution < 1.29 is 23.1 Å². The summed E-state index contributed by atoms with van der Waals surface area (Å²) in [7, 11) is -4.27. The minimum absolute atomic E-state index is 0.0485. The number of ketones is 1. The Morgan fingerprint density at radius 2 is 1.53 bits per heavy atom. The lowest BCUT2D eigenvalue weighted by molar-refractivity contribution is -0.121. The van der Waals surface area contributed by atoms with Crippen LogP contribution in [0.4, 0.5) is 0 Å². The number of sulfonamides is 1. The van der Waals surface area contributed by atoms with Crippen LogP contribution >= 0.6 is 0 Å². The Balaban J connectivity index is 1.68. The van der Waals surface area contributed by atoms with Gasteiger partial charge >= 0.3 is 0 Å². The van der Waals surface area contributed by atoms with E-state index in [1.54, 1.807) is 36.4 Å². The van der Waals surface area contributed by atoms with Gasteiger partial charge in [-0.25, -0.2) is 12.7 Å². The standard InChI is InChI=1S/C26H24N2O5S/c1-2-18-12-14-19(15-13-18)16-27-23(29)17-28-24(25(30)20-8-4-3-5-9-20)26(31)21-10-6-7-11-22(21)34(28,32)33/h3-15,30H,2,16-17H2,1H3,(H,27,29)/b25-24+. The van der Waals surface area contributed by atoms with Gasteiger partial charge in [0.25, 0.3) is 10.0 Å². The summed E-state index contributed by atoms with van der Waals surface area (Å²) >= 11 is 0. The van der Waals surface area contributed by atoms with Gasteiger partial charge in [0, 0.05) is 17.7 Å². The number of hydrogen-bond donors (Lipinski definition) is 2. The van der Waals surface area contributed by atoms with Crippen molar-refractivity contribution in [1.29, 1.82) is 0 Å². The maximum atomic E-state index is 13.4. The van der Waals surface area contributed by atoms with E-state index in [2.05, 4.69) is 5.32 Å². The first-order valence-corrected chi connectivity index (χ1v) is 12.3. The lowest BCUT2D eigenvalue weighted by Crippen LogP contribution is -2.45. The molecular weight excluding hydrogens is 452 g/mol. The van der Waals surface area contributed by atoms with Gasteiger partial charge in [0.1, 0.15) is 12.2 Å². The number of aliphatic hydroxyl groups excluding tert-OH is 1. The molecule has 2 N–H and O–H groups in total. The van der Waals surface area contributed by atoms with Crippen LogP contribution in [0.15, 0.2) is 89.5 Å². The zero-order valence-electron chi connectivity index (χ0n) is 18.6. The molecule has 34 heavy (non-hydrogen) atoms. The largest absolute Gasteiger partial charge is 0.505 e. The fourth-order valence-electron chi connectivity index (χ4n) is 3.76. The number of Topliss-reactive ketones (excluding diaryl/α,β-unsaturated/α-hetero) is 1. The van der Waals surface area contributed by atoms with Crippen molar-refractivity contribution in [2.24, 2.45) is 0 Å². The number of nitrogens with one attached hydrogen (secondary N) is 1. The first-order valence-electron chi connectivity index (χ1n) is 10.8. The molecule has 1 aliphatic heterocycles. The molecule has 1 amide bonds. The van der Waals surface area contributed by atoms with E-state index < -0.39 is 39.7 Å². The second-order valence-corrected chi connectivity index (χ2v) is 9.68. The number of aliphatic hydroxyl groups is 1. The number of hydrogen-bond acceptors (Lipinski definition) is 5. The Kier molecular flexibility index (Phi) is 6.51. The van der Waals surface area contributed by atoms with Gasteiger partial charge < -0.3 is 10.4 Å². The Morgan fingerprint density at radius 1 is 0.912 bits per heavy atom. The molecule has 4 rings (SSSR count). The third kappa shape index (κ3) is 4.45. The summed E-state index contributed by atoms with van der Waals surface area (Å²) < 4.78 is 27.5. The van der Waals surface area contributed by atoms with Gasteiger partial charge in [-0.1, -0.05) is 73.7 Å². The van der Waals surface area contributed by atoms with Crippen LogP contribution in [-0.4, -0.2) is 36.1 Å². The summed E-state index contributed by atoms with van der Waals surface area (Å²) in [6.45, 7) is 1.60. The van der Waals surface area contributed by atoms with Crippen molar-refractivity contribution in [3.05, 3.63) is 107 Å². The van der Waals surface area contributed by atoms with E-state index in [0.717, 1.165) is 17.5 Å². The fourth-order valence-corrected chi connectivity index (χ4v) is 5.38. The molecule has 0 spiro atoms. The van der Waals surface area contributed by atoms with Crippen LogP contribution in [-0.2, 0) is 27.8 Å². The van der Waals surface area contributed by atoms with E-state index in [4.69, 9.17) is 0 Å². The normalized spacial score (nSPS) is 16.0. The summed E-state index contributed by atoms with van der Waals surface area (Å²) in [5.41, 5.74) is 1.79.